The number of halogens is 3. The Morgan fingerprint density at radius 3 is 2.50 bits per heavy atom. The molecule has 4 aromatic rings. The van der Waals surface area contributed by atoms with E-state index in [1.54, 1.807) is 12.1 Å². The predicted molar refractivity (Wildman–Crippen MR) is 112 cm³/mol. The molecule has 5 rings (SSSR count). The van der Waals surface area contributed by atoms with Gasteiger partial charge in [-0.05, 0) is 48.0 Å². The highest BCUT2D eigenvalue weighted by Gasteiger charge is 2.28. The minimum atomic E-state index is -0.442. The highest BCUT2D eigenvalue weighted by Crippen LogP contribution is 2.40. The number of rotatable bonds is 2. The molecule has 3 nitrogen and oxygen atoms in total. The summed E-state index contributed by atoms with van der Waals surface area (Å²) < 4.78 is 16.8. The molecule has 28 heavy (non-hydrogen) atoms. The van der Waals surface area contributed by atoms with Gasteiger partial charge < -0.3 is 5.32 Å². The van der Waals surface area contributed by atoms with Gasteiger partial charge in [-0.15, -0.1) is 0 Å². The largest absolute Gasteiger partial charge is 0.325 e. The minimum Gasteiger partial charge on any atom is -0.325 e. The number of hydrogen-bond acceptors (Lipinski definition) is 2. The van der Waals surface area contributed by atoms with Gasteiger partial charge in [-0.25, -0.2) is 9.37 Å². The van der Waals surface area contributed by atoms with Gasteiger partial charge in [0.1, 0.15) is 5.82 Å². The normalized spacial score (nSPS) is 15.8. The van der Waals surface area contributed by atoms with Crippen molar-refractivity contribution in [1.82, 2.24) is 9.55 Å². The molecule has 1 aliphatic rings. The van der Waals surface area contributed by atoms with Gasteiger partial charge in [0, 0.05) is 21.3 Å². The van der Waals surface area contributed by atoms with Crippen LogP contribution in [0, 0.1) is 5.82 Å². The number of benzene rings is 3. The lowest BCUT2D eigenvalue weighted by atomic mass is 10.0. The highest BCUT2D eigenvalue weighted by molar-refractivity contribution is 6.31. The van der Waals surface area contributed by atoms with Gasteiger partial charge in [-0.1, -0.05) is 53.5 Å². The summed E-state index contributed by atoms with van der Waals surface area (Å²) in [7, 11) is 0. The van der Waals surface area contributed by atoms with Gasteiger partial charge in [0.15, 0.2) is 0 Å². The molecule has 0 saturated heterocycles. The molecule has 138 valence electrons. The van der Waals surface area contributed by atoms with Crippen LogP contribution in [0.5, 0.6) is 0 Å². The monoisotopic (exact) mass is 409 g/mol. The first kappa shape index (κ1) is 17.3. The van der Waals surface area contributed by atoms with Crippen LogP contribution in [0.15, 0.2) is 72.8 Å². The van der Waals surface area contributed by atoms with Gasteiger partial charge in [0.05, 0.1) is 17.1 Å². The predicted octanol–water partition coefficient (Wildman–Crippen LogP) is 6.54. The number of nitrogens with one attached hydrogen (secondary N) is 1. The van der Waals surface area contributed by atoms with Gasteiger partial charge in [-0.3, -0.25) is 4.57 Å². The first-order chi connectivity index (χ1) is 13.6. The molecule has 0 saturated carbocycles. The van der Waals surface area contributed by atoms with Crippen molar-refractivity contribution in [2.45, 2.75) is 6.04 Å². The van der Waals surface area contributed by atoms with Crippen molar-refractivity contribution in [3.63, 3.8) is 0 Å². The second-order valence-electron chi connectivity index (χ2n) is 6.59. The summed E-state index contributed by atoms with van der Waals surface area (Å²) in [5, 5.41) is 4.40. The molecule has 1 aromatic heterocycles. The summed E-state index contributed by atoms with van der Waals surface area (Å²) in [6, 6.07) is 19.6. The van der Waals surface area contributed by atoms with Crippen molar-refractivity contribution in [3.8, 4) is 0 Å². The summed E-state index contributed by atoms with van der Waals surface area (Å²) in [6.07, 6.45) is 1.97. The Morgan fingerprint density at radius 2 is 1.71 bits per heavy atom. The van der Waals surface area contributed by atoms with E-state index in [-0.39, 0.29) is 5.82 Å². The third-order valence-corrected chi connectivity index (χ3v) is 5.48. The van der Waals surface area contributed by atoms with Crippen LogP contribution in [-0.2, 0) is 0 Å². The molecule has 0 bridgehead atoms. The van der Waals surface area contributed by atoms with E-state index in [9.17, 15) is 4.39 Å². The lowest BCUT2D eigenvalue weighted by Crippen LogP contribution is -2.20. The number of anilines is 1. The van der Waals surface area contributed by atoms with Crippen LogP contribution in [-0.4, -0.2) is 9.55 Å². The number of para-hydroxylation sites is 2. The van der Waals surface area contributed by atoms with Crippen LogP contribution in [0.1, 0.15) is 17.2 Å². The highest BCUT2D eigenvalue weighted by atomic mass is 35.5. The van der Waals surface area contributed by atoms with Crippen LogP contribution >= 0.6 is 23.2 Å². The Labute approximate surface area is 171 Å². The molecule has 0 radical (unpaired) electrons. The maximum absolute atomic E-state index is 14.8. The first-order valence-corrected chi connectivity index (χ1v) is 9.53. The fourth-order valence-electron chi connectivity index (χ4n) is 3.61. The molecule has 0 amide bonds. The maximum Gasteiger partial charge on any atom is 0.209 e. The van der Waals surface area contributed by atoms with Crippen molar-refractivity contribution in [2.24, 2.45) is 0 Å². The van der Waals surface area contributed by atoms with Gasteiger partial charge >= 0.3 is 0 Å². The van der Waals surface area contributed by atoms with Gasteiger partial charge in [-0.2, -0.15) is 0 Å². The molecule has 1 N–H and O–H groups in total. The Bertz CT molecular complexity index is 1210. The summed E-state index contributed by atoms with van der Waals surface area (Å²) in [4.78, 5) is 4.70. The fourth-order valence-corrected chi connectivity index (χ4v) is 4.01. The summed E-state index contributed by atoms with van der Waals surface area (Å²) in [5.74, 6) is 0.285. The lowest BCUT2D eigenvalue weighted by Gasteiger charge is -2.27. The van der Waals surface area contributed by atoms with Gasteiger partial charge in [0.2, 0.25) is 5.95 Å². The molecule has 1 aliphatic heterocycles. The van der Waals surface area contributed by atoms with E-state index in [2.05, 4.69) is 5.32 Å². The van der Waals surface area contributed by atoms with Gasteiger partial charge in [0.25, 0.3) is 0 Å². The number of hydrogen-bond donors (Lipinski definition) is 1. The molecule has 6 heteroatoms. The molecule has 0 aliphatic carbocycles. The van der Waals surface area contributed by atoms with E-state index >= 15 is 0 Å². The number of allylic oxidation sites excluding steroid dienone is 1. The summed E-state index contributed by atoms with van der Waals surface area (Å²) >= 11 is 12.4. The smallest absolute Gasteiger partial charge is 0.209 e. The Hall–Kier alpha value is -2.82. The van der Waals surface area contributed by atoms with Crippen molar-refractivity contribution in [3.05, 3.63) is 99.8 Å². The van der Waals surface area contributed by atoms with E-state index in [4.69, 9.17) is 28.2 Å². The van der Waals surface area contributed by atoms with Crippen molar-refractivity contribution in [1.29, 1.82) is 0 Å². The van der Waals surface area contributed by atoms with Crippen LogP contribution in [0.4, 0.5) is 10.3 Å². The fraction of sp³-hybridized carbons (Fsp3) is 0.0455. The van der Waals surface area contributed by atoms with Crippen molar-refractivity contribution < 1.29 is 4.39 Å². The van der Waals surface area contributed by atoms with E-state index < -0.39 is 6.04 Å². The zero-order valence-corrected chi connectivity index (χ0v) is 16.0. The molecule has 3 aromatic carbocycles. The molecule has 0 fully saturated rings. The molecular formula is C22H14Cl2FN3. The Kier molecular flexibility index (Phi) is 4.11. The van der Waals surface area contributed by atoms with E-state index in [1.165, 1.54) is 6.07 Å². The zero-order chi connectivity index (χ0) is 19.3. The summed E-state index contributed by atoms with van der Waals surface area (Å²) in [6.45, 7) is 0. The number of fused-ring (bicyclic) bond motifs is 3. The quantitative estimate of drug-likeness (QED) is 0.407. The van der Waals surface area contributed by atoms with E-state index in [0.717, 1.165) is 22.3 Å². The van der Waals surface area contributed by atoms with Crippen molar-refractivity contribution in [2.75, 3.05) is 5.32 Å². The number of nitrogens with zero attached hydrogens (tertiary/aromatic N) is 2. The Morgan fingerprint density at radius 1 is 0.929 bits per heavy atom. The SMILES string of the molecule is Fc1cccc(Cl)c1[C@@H]1C=C(c2ccc(Cl)cc2)Nc2nc3ccccc3n21. The lowest BCUT2D eigenvalue weighted by molar-refractivity contribution is 0.584. The third-order valence-electron chi connectivity index (χ3n) is 4.90. The standard InChI is InChI=1S/C22H14Cl2FN3/c23-14-10-8-13(9-11-14)18-12-20(21-15(24)4-3-5-16(21)25)28-19-7-2-1-6-17(19)26-22(28)27-18/h1-12,20H,(H,26,27)/t20-/m0/s1. The molecule has 0 spiro atoms. The first-order valence-electron chi connectivity index (χ1n) is 8.77. The maximum atomic E-state index is 14.8. The van der Waals surface area contributed by atoms with Crippen molar-refractivity contribution >= 4 is 45.9 Å². The van der Waals surface area contributed by atoms with Crippen LogP contribution in [0.3, 0.4) is 0 Å². The average molecular weight is 410 g/mol. The van der Waals surface area contributed by atoms with Crippen LogP contribution in [0.25, 0.3) is 16.7 Å². The third kappa shape index (κ3) is 2.77. The average Bonchev–Trinajstić information content (AvgIpc) is 3.07. The zero-order valence-electron chi connectivity index (χ0n) is 14.5. The number of imidazole rings is 1. The topological polar surface area (TPSA) is 29.9 Å². The molecular weight excluding hydrogens is 396 g/mol. The second-order valence-corrected chi connectivity index (χ2v) is 7.43. The minimum absolute atomic E-state index is 0.352. The molecule has 1 atom stereocenters. The summed E-state index contributed by atoms with van der Waals surface area (Å²) in [5.41, 5.74) is 3.90. The number of aromatic nitrogens is 2. The second kappa shape index (κ2) is 6.66. The van der Waals surface area contributed by atoms with Crippen LogP contribution in [0.2, 0.25) is 10.0 Å². The Balaban J connectivity index is 1.77. The molecule has 2 heterocycles. The van der Waals surface area contributed by atoms with E-state index in [1.807, 2.05) is 59.2 Å². The molecule has 0 unspecified atom stereocenters. The van der Waals surface area contributed by atoms with E-state index in [0.29, 0.717) is 21.6 Å². The van der Waals surface area contributed by atoms with Crippen LogP contribution < -0.4 is 5.32 Å².